The van der Waals surface area contributed by atoms with Crippen molar-refractivity contribution < 1.29 is 13.2 Å². The van der Waals surface area contributed by atoms with Crippen LogP contribution < -0.4 is 5.32 Å². The van der Waals surface area contributed by atoms with Gasteiger partial charge in [0.2, 0.25) is 10.0 Å². The van der Waals surface area contributed by atoms with Gasteiger partial charge in [0.15, 0.2) is 5.82 Å². The van der Waals surface area contributed by atoms with Crippen LogP contribution in [0.25, 0.3) is 10.7 Å². The topological polar surface area (TPSA) is 92.3 Å². The Morgan fingerprint density at radius 1 is 1.16 bits per heavy atom. The minimum absolute atomic E-state index is 0.127. The summed E-state index contributed by atoms with van der Waals surface area (Å²) in [5.74, 6) is 0.209. The van der Waals surface area contributed by atoms with Crippen LogP contribution in [0.2, 0.25) is 0 Å². The second-order valence-corrected chi connectivity index (χ2v) is 11.0. The first kappa shape index (κ1) is 23.4. The van der Waals surface area contributed by atoms with Gasteiger partial charge in [0.05, 0.1) is 21.0 Å². The fourth-order valence-electron chi connectivity index (χ4n) is 2.97. The van der Waals surface area contributed by atoms with Crippen LogP contribution in [0.5, 0.6) is 0 Å². The van der Waals surface area contributed by atoms with Crippen LogP contribution in [0.3, 0.4) is 0 Å². The number of carbonyl (C=O) groups is 1. The number of anilines is 1. The Morgan fingerprint density at radius 3 is 2.45 bits per heavy atom. The predicted octanol–water partition coefficient (Wildman–Crippen LogP) is 4.35. The molecule has 1 aromatic carbocycles. The summed E-state index contributed by atoms with van der Waals surface area (Å²) >= 11 is 2.90. The Hall–Kier alpha value is -2.27. The third-order valence-electron chi connectivity index (χ3n) is 4.89. The summed E-state index contributed by atoms with van der Waals surface area (Å²) < 4.78 is 26.3. The molecule has 3 rings (SSSR count). The summed E-state index contributed by atoms with van der Waals surface area (Å²) in [4.78, 5) is 23.4. The van der Waals surface area contributed by atoms with Crippen molar-refractivity contribution in [2.45, 2.75) is 30.7 Å². The van der Waals surface area contributed by atoms with Gasteiger partial charge in [-0.15, -0.1) is 23.1 Å². The average molecular weight is 477 g/mol. The molecule has 3 aromatic rings. The van der Waals surface area contributed by atoms with E-state index in [2.05, 4.69) is 15.3 Å². The van der Waals surface area contributed by atoms with Gasteiger partial charge in [0, 0.05) is 19.8 Å². The van der Waals surface area contributed by atoms with E-state index < -0.39 is 10.0 Å². The van der Waals surface area contributed by atoms with Gasteiger partial charge in [-0.3, -0.25) is 4.79 Å². The number of sulfonamides is 1. The molecule has 1 amide bonds. The Kier molecular flexibility index (Phi) is 6.85. The molecular weight excluding hydrogens is 452 g/mol. The van der Waals surface area contributed by atoms with E-state index in [1.165, 1.54) is 43.3 Å². The van der Waals surface area contributed by atoms with Gasteiger partial charge in [-0.05, 0) is 61.7 Å². The molecule has 31 heavy (non-hydrogen) atoms. The number of nitrogens with zero attached hydrogens (tertiary/aromatic N) is 3. The van der Waals surface area contributed by atoms with E-state index in [9.17, 15) is 13.2 Å². The van der Waals surface area contributed by atoms with E-state index in [0.717, 1.165) is 20.3 Å². The normalized spacial score (nSPS) is 11.7. The van der Waals surface area contributed by atoms with Gasteiger partial charge < -0.3 is 5.32 Å². The quantitative estimate of drug-likeness (QED) is 0.420. The van der Waals surface area contributed by atoms with E-state index in [4.69, 9.17) is 0 Å². The van der Waals surface area contributed by atoms with Crippen molar-refractivity contribution in [1.29, 1.82) is 0 Å². The largest absolute Gasteiger partial charge is 0.322 e. The van der Waals surface area contributed by atoms with Crippen LogP contribution in [0.1, 0.15) is 27.2 Å². The van der Waals surface area contributed by atoms with Crippen molar-refractivity contribution in [3.05, 3.63) is 52.0 Å². The lowest BCUT2D eigenvalue weighted by atomic mass is 10.1. The predicted molar refractivity (Wildman–Crippen MR) is 127 cm³/mol. The first-order valence-corrected chi connectivity index (χ1v) is 12.9. The highest BCUT2D eigenvalue weighted by molar-refractivity contribution is 7.98. The molecule has 0 atom stereocenters. The highest BCUT2D eigenvalue weighted by atomic mass is 32.2. The van der Waals surface area contributed by atoms with Gasteiger partial charge >= 0.3 is 0 Å². The number of amides is 1. The summed E-state index contributed by atoms with van der Waals surface area (Å²) in [6, 6.07) is 6.96. The van der Waals surface area contributed by atoms with E-state index in [-0.39, 0.29) is 10.8 Å². The molecule has 0 bridgehead atoms. The van der Waals surface area contributed by atoms with Gasteiger partial charge in [-0.2, -0.15) is 0 Å². The van der Waals surface area contributed by atoms with Crippen LogP contribution in [-0.4, -0.2) is 48.9 Å². The molecule has 10 heteroatoms. The first-order chi connectivity index (χ1) is 14.6. The van der Waals surface area contributed by atoms with Crippen molar-refractivity contribution in [3.8, 4) is 10.7 Å². The molecule has 0 radical (unpaired) electrons. The highest BCUT2D eigenvalue weighted by Crippen LogP contribution is 2.30. The number of carbonyl (C=O) groups excluding carboxylic acids is 1. The smallest absolute Gasteiger partial charge is 0.260 e. The number of aromatic nitrogens is 2. The third kappa shape index (κ3) is 4.67. The van der Waals surface area contributed by atoms with Crippen LogP contribution in [0.4, 0.5) is 5.69 Å². The fourth-order valence-corrected chi connectivity index (χ4v) is 5.27. The van der Waals surface area contributed by atoms with Gasteiger partial charge in [0.1, 0.15) is 5.03 Å². The number of hydrogen-bond donors (Lipinski definition) is 1. The van der Waals surface area contributed by atoms with Crippen LogP contribution in [0, 0.1) is 20.8 Å². The second-order valence-electron chi connectivity index (χ2n) is 7.15. The van der Waals surface area contributed by atoms with Gasteiger partial charge in [0.25, 0.3) is 5.91 Å². The number of thiophene rings is 1. The summed E-state index contributed by atoms with van der Waals surface area (Å²) in [6.07, 6.45) is 1.86. The molecule has 7 nitrogen and oxygen atoms in total. The summed E-state index contributed by atoms with van der Waals surface area (Å²) in [7, 11) is -0.685. The van der Waals surface area contributed by atoms with Gasteiger partial charge in [-0.25, -0.2) is 22.7 Å². The summed E-state index contributed by atoms with van der Waals surface area (Å²) in [5, 5.41) is 5.40. The van der Waals surface area contributed by atoms with Crippen molar-refractivity contribution in [2.24, 2.45) is 0 Å². The van der Waals surface area contributed by atoms with Crippen LogP contribution in [-0.2, 0) is 10.0 Å². The van der Waals surface area contributed by atoms with E-state index >= 15 is 0 Å². The number of hydrogen-bond acceptors (Lipinski definition) is 7. The zero-order valence-corrected chi connectivity index (χ0v) is 20.6. The second kappa shape index (κ2) is 9.07. The van der Waals surface area contributed by atoms with Gasteiger partial charge in [-0.1, -0.05) is 6.07 Å². The molecule has 0 fully saturated rings. The molecule has 164 valence electrons. The lowest BCUT2D eigenvalue weighted by Gasteiger charge is -2.17. The Morgan fingerprint density at radius 2 is 1.87 bits per heavy atom. The number of nitrogens with one attached hydrogen (secondary N) is 1. The molecule has 0 aliphatic rings. The molecule has 0 saturated carbocycles. The van der Waals surface area contributed by atoms with E-state index in [1.54, 1.807) is 13.0 Å². The lowest BCUT2D eigenvalue weighted by molar-refractivity contribution is 0.102. The number of thioether (sulfide) groups is 1. The summed E-state index contributed by atoms with van der Waals surface area (Å²) in [6.45, 7) is 5.44. The Bertz CT molecular complexity index is 1240. The molecule has 0 aliphatic heterocycles. The standard InChI is InChI=1S/C21H24N4O3S3/c1-12-10-15(31(27,28)25(4)5)11-16(13(12)2)23-20(26)18-14(3)22-19(24-21(18)29-6)17-8-7-9-30-17/h7-11H,1-6H3,(H,23,26). The molecule has 1 N–H and O–H groups in total. The lowest BCUT2D eigenvalue weighted by Crippen LogP contribution is -2.23. The van der Waals surface area contributed by atoms with Crippen molar-refractivity contribution in [2.75, 3.05) is 25.7 Å². The van der Waals surface area contributed by atoms with Crippen molar-refractivity contribution in [1.82, 2.24) is 14.3 Å². The average Bonchev–Trinajstić information content (AvgIpc) is 3.25. The monoisotopic (exact) mass is 476 g/mol. The zero-order valence-electron chi connectivity index (χ0n) is 18.2. The van der Waals surface area contributed by atoms with Crippen molar-refractivity contribution >= 4 is 44.7 Å². The maximum Gasteiger partial charge on any atom is 0.260 e. The maximum absolute atomic E-state index is 13.2. The third-order valence-corrected chi connectivity index (χ3v) is 8.23. The van der Waals surface area contributed by atoms with E-state index in [1.807, 2.05) is 37.6 Å². The molecule has 0 spiro atoms. The fraction of sp³-hybridized carbons (Fsp3) is 0.286. The maximum atomic E-state index is 13.2. The molecule has 0 aliphatic carbocycles. The molecule has 0 unspecified atom stereocenters. The first-order valence-electron chi connectivity index (χ1n) is 9.38. The van der Waals surface area contributed by atoms with Crippen LogP contribution >= 0.6 is 23.1 Å². The SMILES string of the molecule is CSc1nc(-c2cccs2)nc(C)c1C(=O)Nc1cc(S(=O)(=O)N(C)C)cc(C)c1C. The highest BCUT2D eigenvalue weighted by Gasteiger charge is 2.23. The zero-order chi connectivity index (χ0) is 22.9. The minimum Gasteiger partial charge on any atom is -0.322 e. The Balaban J connectivity index is 2.03. The number of benzene rings is 1. The molecule has 0 saturated heterocycles. The summed E-state index contributed by atoms with van der Waals surface area (Å²) in [5.41, 5.74) is 2.95. The molecule has 2 aromatic heterocycles. The Labute approximate surface area is 191 Å². The van der Waals surface area contributed by atoms with Crippen molar-refractivity contribution in [3.63, 3.8) is 0 Å². The van der Waals surface area contributed by atoms with E-state index in [0.29, 0.717) is 27.8 Å². The number of rotatable bonds is 6. The van der Waals surface area contributed by atoms with Crippen LogP contribution in [0.15, 0.2) is 39.6 Å². The number of aryl methyl sites for hydroxylation is 2. The minimum atomic E-state index is -3.64. The molecule has 2 heterocycles. The molecular formula is C21H24N4O3S3.